The Hall–Kier alpha value is -0.690. The highest BCUT2D eigenvalue weighted by molar-refractivity contribution is 6.67. The van der Waals surface area contributed by atoms with Gasteiger partial charge in [-0.05, 0) is 5.56 Å². The minimum absolute atomic E-state index is 0.0261. The van der Waals surface area contributed by atoms with Gasteiger partial charge in [0.15, 0.2) is 11.6 Å². The fraction of sp³-hybridized carbons (Fsp3) is 0.267. The summed E-state index contributed by atoms with van der Waals surface area (Å²) in [4.78, 5) is 12.0. The summed E-state index contributed by atoms with van der Waals surface area (Å²) < 4.78 is 7.33. The van der Waals surface area contributed by atoms with Crippen molar-refractivity contribution >= 4 is 75.4 Å². The summed E-state index contributed by atoms with van der Waals surface area (Å²) in [7, 11) is 0. The van der Waals surface area contributed by atoms with Crippen molar-refractivity contribution in [1.82, 2.24) is 15.0 Å². The molecule has 0 bridgehead atoms. The summed E-state index contributed by atoms with van der Waals surface area (Å²) in [6.45, 7) is 0. The van der Waals surface area contributed by atoms with Gasteiger partial charge in [-0.2, -0.15) is 0 Å². The number of alkyl halides is 6. The van der Waals surface area contributed by atoms with E-state index in [0.717, 1.165) is 5.56 Å². The molecule has 1 unspecified atom stereocenters. The molecule has 5 nitrogen and oxygen atoms in total. The summed E-state index contributed by atoms with van der Waals surface area (Å²) in [5.74, 6) is -0.174. The molecule has 0 fully saturated rings. The van der Waals surface area contributed by atoms with Crippen LogP contribution in [0.5, 0.6) is 0 Å². The van der Waals surface area contributed by atoms with Crippen LogP contribution in [0, 0.1) is 0 Å². The second-order valence-corrected chi connectivity index (χ2v) is 9.72. The highest BCUT2D eigenvalue weighted by Gasteiger charge is 2.35. The lowest BCUT2D eigenvalue weighted by molar-refractivity contribution is -0.0140. The van der Waals surface area contributed by atoms with Gasteiger partial charge < -0.3 is 9.47 Å². The number of nitrogens with zero attached hydrogens (tertiary/aromatic N) is 3. The van der Waals surface area contributed by atoms with Gasteiger partial charge in [0.25, 0.3) is 0 Å². The minimum atomic E-state index is -1.94. The third kappa shape index (κ3) is 4.97. The topological polar surface area (TPSA) is 57.1 Å². The van der Waals surface area contributed by atoms with Gasteiger partial charge in [-0.15, -0.1) is 0 Å². The van der Waals surface area contributed by atoms with Gasteiger partial charge >= 0.3 is 0 Å². The van der Waals surface area contributed by atoms with Crippen LogP contribution in [0.2, 0.25) is 0 Å². The van der Waals surface area contributed by atoms with Gasteiger partial charge in [0.2, 0.25) is 25.5 Å². The molecular formula is C15H9Cl6N3O2. The van der Waals surface area contributed by atoms with Gasteiger partial charge in [0, 0.05) is 6.42 Å². The Balaban J connectivity index is 1.85. The fourth-order valence-corrected chi connectivity index (χ4v) is 2.58. The molecular weight excluding hydrogens is 467 g/mol. The smallest absolute Gasteiger partial charge is 0.250 e. The van der Waals surface area contributed by atoms with Crippen molar-refractivity contribution in [2.24, 2.45) is 0 Å². The van der Waals surface area contributed by atoms with Gasteiger partial charge in [-0.3, -0.25) is 0 Å². The summed E-state index contributed by atoms with van der Waals surface area (Å²) in [6, 6.07) is 9.67. The number of benzene rings is 1. The van der Waals surface area contributed by atoms with E-state index in [4.69, 9.17) is 79.1 Å². The van der Waals surface area contributed by atoms with E-state index in [2.05, 4.69) is 15.0 Å². The molecule has 0 N–H and O–H groups in total. The molecule has 11 heteroatoms. The predicted molar refractivity (Wildman–Crippen MR) is 102 cm³/mol. The molecule has 1 aliphatic heterocycles. The number of ether oxygens (including phenoxy) is 2. The number of halogens is 6. The first-order valence-electron chi connectivity index (χ1n) is 7.10. The molecule has 0 aliphatic carbocycles. The van der Waals surface area contributed by atoms with E-state index >= 15 is 0 Å². The third-order valence-corrected chi connectivity index (χ3v) is 4.21. The molecule has 1 aliphatic rings. The van der Waals surface area contributed by atoms with Crippen LogP contribution in [0.15, 0.2) is 36.6 Å². The lowest BCUT2D eigenvalue weighted by Gasteiger charge is -2.16. The number of hydrogen-bond acceptors (Lipinski definition) is 5. The van der Waals surface area contributed by atoms with Crippen molar-refractivity contribution < 1.29 is 9.47 Å². The van der Waals surface area contributed by atoms with Crippen molar-refractivity contribution in [3.63, 3.8) is 0 Å². The fourth-order valence-electron chi connectivity index (χ4n) is 2.08. The zero-order valence-electron chi connectivity index (χ0n) is 12.7. The van der Waals surface area contributed by atoms with E-state index in [9.17, 15) is 0 Å². The number of aromatic nitrogens is 3. The Kier molecular flexibility index (Phi) is 5.97. The number of rotatable bonds is 3. The van der Waals surface area contributed by atoms with Crippen LogP contribution in [0.4, 0.5) is 0 Å². The Morgan fingerprint density at radius 2 is 1.42 bits per heavy atom. The molecule has 26 heavy (non-hydrogen) atoms. The summed E-state index contributed by atoms with van der Waals surface area (Å²) in [5.41, 5.74) is 1.03. The predicted octanol–water partition coefficient (Wildman–Crippen LogP) is 5.44. The molecule has 0 saturated heterocycles. The zero-order chi connectivity index (χ0) is 18.9. The Bertz CT molecular complexity index is 788. The standard InChI is InChI=1S/C15H9Cl6N3O2/c16-14(17,18)12-22-11(23-13(24-12)15(19,20)21)9-7-25-10(26-9)6-8-4-2-1-3-5-8/h1-5,7,10H,6H2. The van der Waals surface area contributed by atoms with Crippen LogP contribution >= 0.6 is 69.6 Å². The molecule has 0 saturated carbocycles. The third-order valence-electron chi connectivity index (χ3n) is 3.19. The Labute approximate surface area is 179 Å². The largest absolute Gasteiger partial charge is 0.458 e. The maximum atomic E-state index is 5.85. The molecule has 2 aromatic rings. The van der Waals surface area contributed by atoms with E-state index in [1.807, 2.05) is 30.3 Å². The lowest BCUT2D eigenvalue weighted by Crippen LogP contribution is -2.18. The van der Waals surface area contributed by atoms with Crippen molar-refractivity contribution in [2.45, 2.75) is 20.3 Å². The second-order valence-electron chi connectivity index (χ2n) is 5.16. The molecule has 1 aromatic carbocycles. The first-order chi connectivity index (χ1) is 12.1. The van der Waals surface area contributed by atoms with Crippen LogP contribution in [0.3, 0.4) is 0 Å². The summed E-state index contributed by atoms with van der Waals surface area (Å²) >= 11 is 35.1. The molecule has 1 aromatic heterocycles. The van der Waals surface area contributed by atoms with Crippen molar-refractivity contribution in [3.8, 4) is 0 Å². The van der Waals surface area contributed by atoms with Crippen LogP contribution in [-0.4, -0.2) is 21.2 Å². The SMILES string of the molecule is ClC(Cl)(Cl)c1nc(C2=COC(Cc3ccccc3)O2)nc(C(Cl)(Cl)Cl)n1. The highest BCUT2D eigenvalue weighted by Crippen LogP contribution is 2.40. The quantitative estimate of drug-likeness (QED) is 0.553. The first-order valence-corrected chi connectivity index (χ1v) is 9.37. The summed E-state index contributed by atoms with van der Waals surface area (Å²) in [5, 5.41) is 0. The van der Waals surface area contributed by atoms with E-state index in [1.165, 1.54) is 6.26 Å². The van der Waals surface area contributed by atoms with E-state index in [-0.39, 0.29) is 23.2 Å². The monoisotopic (exact) mass is 473 g/mol. The highest BCUT2D eigenvalue weighted by atomic mass is 35.6. The van der Waals surface area contributed by atoms with Gasteiger partial charge in [0.05, 0.1) is 0 Å². The first kappa shape index (κ1) is 20.1. The molecule has 3 rings (SSSR count). The second kappa shape index (κ2) is 7.74. The average molecular weight is 476 g/mol. The minimum Gasteiger partial charge on any atom is -0.458 e. The van der Waals surface area contributed by atoms with Crippen LogP contribution in [0.25, 0.3) is 5.76 Å². The van der Waals surface area contributed by atoms with Crippen LogP contribution < -0.4 is 0 Å². The molecule has 0 amide bonds. The maximum Gasteiger partial charge on any atom is 0.250 e. The van der Waals surface area contributed by atoms with Crippen molar-refractivity contribution in [3.05, 3.63) is 59.6 Å². The van der Waals surface area contributed by atoms with Crippen LogP contribution in [-0.2, 0) is 23.5 Å². The van der Waals surface area contributed by atoms with Crippen LogP contribution in [0.1, 0.15) is 23.0 Å². The molecule has 0 spiro atoms. The molecule has 1 atom stereocenters. The van der Waals surface area contributed by atoms with E-state index in [1.54, 1.807) is 0 Å². The summed E-state index contributed by atoms with van der Waals surface area (Å²) in [6.07, 6.45) is 1.31. The number of hydrogen-bond donors (Lipinski definition) is 0. The van der Waals surface area contributed by atoms with Gasteiger partial charge in [0.1, 0.15) is 6.26 Å². The maximum absolute atomic E-state index is 5.85. The van der Waals surface area contributed by atoms with E-state index in [0.29, 0.717) is 6.42 Å². The molecule has 2 heterocycles. The van der Waals surface area contributed by atoms with Gasteiger partial charge in [-0.25, -0.2) is 15.0 Å². The molecule has 138 valence electrons. The van der Waals surface area contributed by atoms with Crippen molar-refractivity contribution in [1.29, 1.82) is 0 Å². The molecule has 0 radical (unpaired) electrons. The average Bonchev–Trinajstić information content (AvgIpc) is 3.02. The normalized spacial score (nSPS) is 17.5. The zero-order valence-corrected chi connectivity index (χ0v) is 17.2. The van der Waals surface area contributed by atoms with E-state index < -0.39 is 13.9 Å². The Morgan fingerprint density at radius 3 is 1.96 bits per heavy atom. The van der Waals surface area contributed by atoms with Gasteiger partial charge in [-0.1, -0.05) is 99.9 Å². The van der Waals surface area contributed by atoms with Crippen molar-refractivity contribution in [2.75, 3.05) is 0 Å². The Morgan fingerprint density at radius 1 is 0.846 bits per heavy atom. The lowest BCUT2D eigenvalue weighted by atomic mass is 10.1.